The number of nitrogens with zero attached hydrogens (tertiary/aromatic N) is 2. The first-order valence-corrected chi connectivity index (χ1v) is 14.0. The highest BCUT2D eigenvalue weighted by Crippen LogP contribution is 2.35. The van der Waals surface area contributed by atoms with Crippen LogP contribution in [0.15, 0.2) is 24.4 Å². The maximum atomic E-state index is 13.4. The van der Waals surface area contributed by atoms with Crippen LogP contribution in [0.5, 0.6) is 5.75 Å². The first-order chi connectivity index (χ1) is 15.6. The maximum Gasteiger partial charge on any atom is 0.260 e. The lowest BCUT2D eigenvalue weighted by molar-refractivity contribution is -0.0697. The van der Waals surface area contributed by atoms with Crippen molar-refractivity contribution in [3.8, 4) is 16.9 Å². The molecule has 2 atom stereocenters. The van der Waals surface area contributed by atoms with Gasteiger partial charge in [-0.25, -0.2) is 4.98 Å². The van der Waals surface area contributed by atoms with Crippen LogP contribution in [0.1, 0.15) is 44.7 Å². The minimum absolute atomic E-state index is 0.122. The molecule has 33 heavy (non-hydrogen) atoms. The van der Waals surface area contributed by atoms with Gasteiger partial charge in [0, 0.05) is 12.8 Å². The first kappa shape index (κ1) is 23.6. The summed E-state index contributed by atoms with van der Waals surface area (Å²) >= 11 is 0. The van der Waals surface area contributed by atoms with Crippen LogP contribution in [-0.4, -0.2) is 71.8 Å². The summed E-state index contributed by atoms with van der Waals surface area (Å²) < 4.78 is 11.5. The summed E-state index contributed by atoms with van der Waals surface area (Å²) in [6.07, 6.45) is 8.90. The minimum atomic E-state index is -0.894. The lowest BCUT2D eigenvalue weighted by Crippen LogP contribution is -2.55. The van der Waals surface area contributed by atoms with E-state index in [9.17, 15) is 9.90 Å². The highest BCUT2D eigenvalue weighted by molar-refractivity contribution is 8.35. The van der Waals surface area contributed by atoms with Crippen LogP contribution in [0.2, 0.25) is 0 Å². The van der Waals surface area contributed by atoms with Crippen molar-refractivity contribution in [2.24, 2.45) is 0 Å². The predicted octanol–water partition coefficient (Wildman–Crippen LogP) is 3.23. The molecule has 1 fully saturated rings. The molecule has 6 nitrogen and oxygen atoms in total. The van der Waals surface area contributed by atoms with Gasteiger partial charge in [-0.15, -0.1) is 0 Å². The summed E-state index contributed by atoms with van der Waals surface area (Å²) in [5, 5.41) is 13.7. The third kappa shape index (κ3) is 5.19. The van der Waals surface area contributed by atoms with Crippen LogP contribution in [0, 0.1) is 25.0 Å². The van der Waals surface area contributed by atoms with Gasteiger partial charge in [0.25, 0.3) is 5.91 Å². The summed E-state index contributed by atoms with van der Waals surface area (Å²) in [4.78, 5) is 19.5. The summed E-state index contributed by atoms with van der Waals surface area (Å²) in [7, 11) is -0.894. The standard InChI is InChI=1S/C26H32N2O4S/c1-17-18(2)25-22(26(30)28(16-32-25)23-15-31-10-8-24(23)29)13-20(17)12-19-6-7-21(27-14-19)9-11-33(3,4)5/h6-7,13-14,23-24,29H,8,10,12,15-16H2,1-5H3/t23-,24-/m0/s1. The minimum Gasteiger partial charge on any atom is -0.472 e. The topological polar surface area (TPSA) is 71.9 Å². The average molecular weight is 469 g/mol. The molecule has 1 N–H and O–H groups in total. The van der Waals surface area contributed by atoms with Crippen LogP contribution < -0.4 is 4.74 Å². The van der Waals surface area contributed by atoms with Gasteiger partial charge in [-0.1, -0.05) is 6.07 Å². The molecule has 2 aromatic rings. The number of aromatic nitrogens is 1. The van der Waals surface area contributed by atoms with Gasteiger partial charge < -0.3 is 14.6 Å². The molecule has 1 saturated heterocycles. The van der Waals surface area contributed by atoms with Gasteiger partial charge in [0.05, 0.1) is 24.3 Å². The molecule has 0 spiro atoms. The van der Waals surface area contributed by atoms with E-state index in [1.165, 1.54) is 0 Å². The molecule has 0 saturated carbocycles. The molecule has 0 aliphatic carbocycles. The van der Waals surface area contributed by atoms with Gasteiger partial charge in [-0.05, 0) is 91.0 Å². The van der Waals surface area contributed by atoms with Crippen molar-refractivity contribution < 1.29 is 19.4 Å². The summed E-state index contributed by atoms with van der Waals surface area (Å²) in [6.45, 7) is 5.00. The fraction of sp³-hybridized carbons (Fsp3) is 0.462. The van der Waals surface area contributed by atoms with Crippen molar-refractivity contribution in [2.75, 3.05) is 38.7 Å². The highest BCUT2D eigenvalue weighted by atomic mass is 32.3. The Morgan fingerprint density at radius 1 is 1.24 bits per heavy atom. The van der Waals surface area contributed by atoms with Gasteiger partial charge in [0.2, 0.25) is 0 Å². The van der Waals surface area contributed by atoms with Gasteiger partial charge in [0.1, 0.15) is 11.4 Å². The monoisotopic (exact) mass is 468 g/mol. The Morgan fingerprint density at radius 3 is 2.70 bits per heavy atom. The number of aliphatic hydroxyl groups excluding tert-OH is 1. The molecular formula is C26H32N2O4S. The summed E-state index contributed by atoms with van der Waals surface area (Å²) in [6, 6.07) is 5.54. The van der Waals surface area contributed by atoms with Crippen LogP contribution >= 0.6 is 10.0 Å². The van der Waals surface area contributed by atoms with E-state index in [-0.39, 0.29) is 12.6 Å². The second-order valence-electron chi connectivity index (χ2n) is 9.50. The number of amides is 1. The van der Waals surface area contributed by atoms with Gasteiger partial charge in [0.15, 0.2) is 6.73 Å². The Morgan fingerprint density at radius 2 is 2.03 bits per heavy atom. The van der Waals surface area contributed by atoms with Crippen LogP contribution in [-0.2, 0) is 11.2 Å². The molecule has 2 aliphatic heterocycles. The molecule has 4 rings (SSSR count). The van der Waals surface area contributed by atoms with Gasteiger partial charge in [-0.3, -0.25) is 9.69 Å². The smallest absolute Gasteiger partial charge is 0.260 e. The van der Waals surface area contributed by atoms with Crippen LogP contribution in [0.4, 0.5) is 0 Å². The van der Waals surface area contributed by atoms with E-state index < -0.39 is 22.2 Å². The molecule has 1 aromatic heterocycles. The third-order valence-electron chi connectivity index (χ3n) is 6.18. The largest absolute Gasteiger partial charge is 0.472 e. The zero-order chi connectivity index (χ0) is 23.8. The van der Waals surface area contributed by atoms with E-state index in [4.69, 9.17) is 9.47 Å². The van der Waals surface area contributed by atoms with E-state index in [1.54, 1.807) is 4.90 Å². The Hall–Kier alpha value is -2.53. The molecule has 3 heterocycles. The lowest BCUT2D eigenvalue weighted by atomic mass is 9.92. The zero-order valence-electron chi connectivity index (χ0n) is 20.0. The van der Waals surface area contributed by atoms with Crippen molar-refractivity contribution in [3.05, 3.63) is 57.9 Å². The van der Waals surface area contributed by atoms with E-state index in [1.807, 2.05) is 31.3 Å². The normalized spacial score (nSPS) is 21.0. The Bertz CT molecular complexity index is 1110. The summed E-state index contributed by atoms with van der Waals surface area (Å²) in [5.74, 6) is 3.68. The van der Waals surface area contributed by atoms with Crippen LogP contribution in [0.3, 0.4) is 0 Å². The second kappa shape index (κ2) is 9.38. The van der Waals surface area contributed by atoms with Crippen molar-refractivity contribution >= 4 is 15.9 Å². The van der Waals surface area contributed by atoms with E-state index >= 15 is 0 Å². The Balaban J connectivity index is 1.59. The van der Waals surface area contributed by atoms with E-state index in [0.29, 0.717) is 37.4 Å². The molecule has 1 aromatic carbocycles. The number of ether oxygens (including phenoxy) is 2. The Kier molecular flexibility index (Phi) is 6.71. The van der Waals surface area contributed by atoms with E-state index in [2.05, 4.69) is 41.8 Å². The van der Waals surface area contributed by atoms with Gasteiger partial charge in [-0.2, -0.15) is 10.0 Å². The zero-order valence-corrected chi connectivity index (χ0v) is 20.8. The van der Waals surface area contributed by atoms with Crippen molar-refractivity contribution in [3.63, 3.8) is 0 Å². The number of fused-ring (bicyclic) bond motifs is 1. The number of rotatable bonds is 3. The molecule has 0 unspecified atom stereocenters. The van der Waals surface area contributed by atoms with Crippen molar-refractivity contribution in [1.29, 1.82) is 0 Å². The summed E-state index contributed by atoms with van der Waals surface area (Å²) in [5.41, 5.74) is 5.51. The first-order valence-electron chi connectivity index (χ1n) is 11.1. The lowest BCUT2D eigenvalue weighted by Gasteiger charge is -2.40. The number of pyridine rings is 1. The maximum absolute atomic E-state index is 13.4. The number of hydrogen-bond donors (Lipinski definition) is 1. The van der Waals surface area contributed by atoms with E-state index in [0.717, 1.165) is 27.9 Å². The quantitative estimate of drug-likeness (QED) is 0.701. The molecule has 0 radical (unpaired) electrons. The predicted molar refractivity (Wildman–Crippen MR) is 132 cm³/mol. The number of carbonyl (C=O) groups excluding carboxylic acids is 1. The highest BCUT2D eigenvalue weighted by Gasteiger charge is 2.37. The number of aliphatic hydroxyl groups is 1. The molecule has 7 heteroatoms. The number of carbonyl (C=O) groups is 1. The average Bonchev–Trinajstić information content (AvgIpc) is 2.77. The Labute approximate surface area is 197 Å². The van der Waals surface area contributed by atoms with Crippen LogP contribution in [0.25, 0.3) is 0 Å². The fourth-order valence-electron chi connectivity index (χ4n) is 4.12. The SMILES string of the molecule is Cc1c(Cc2ccc(C#CS(C)(C)C)nc2)cc2c(c1C)OCN([C@H]1COCC[C@@H]1O)C2=O. The molecule has 1 amide bonds. The van der Waals surface area contributed by atoms with Crippen molar-refractivity contribution in [1.82, 2.24) is 9.88 Å². The third-order valence-corrected chi connectivity index (χ3v) is 6.90. The molecule has 0 bridgehead atoms. The number of hydrogen-bond acceptors (Lipinski definition) is 5. The second-order valence-corrected chi connectivity index (χ2v) is 13.4. The molecule has 176 valence electrons. The van der Waals surface area contributed by atoms with Crippen molar-refractivity contribution in [2.45, 2.75) is 38.8 Å². The van der Waals surface area contributed by atoms with Gasteiger partial charge >= 0.3 is 0 Å². The molecular weight excluding hydrogens is 436 g/mol. The number of benzene rings is 1. The molecule has 2 aliphatic rings. The fourth-order valence-corrected chi connectivity index (χ4v) is 4.53.